The molecule has 0 spiro atoms. The van der Waals surface area contributed by atoms with E-state index in [1.54, 1.807) is 9.80 Å². The van der Waals surface area contributed by atoms with Gasteiger partial charge in [0.25, 0.3) is 0 Å². The predicted octanol–water partition coefficient (Wildman–Crippen LogP) is 0.422. The van der Waals surface area contributed by atoms with Gasteiger partial charge < -0.3 is 14.5 Å². The maximum Gasteiger partial charge on any atom is 0.236 e. The topological polar surface area (TPSA) is 53.1 Å². The van der Waals surface area contributed by atoms with Crippen LogP contribution in [0.2, 0.25) is 0 Å². The first-order chi connectivity index (χ1) is 9.87. The summed E-state index contributed by atoms with van der Waals surface area (Å²) in [6, 6.07) is 0. The molecule has 0 N–H and O–H groups in total. The van der Waals surface area contributed by atoms with Gasteiger partial charge in [0.05, 0.1) is 25.3 Å². The van der Waals surface area contributed by atoms with Crippen molar-refractivity contribution in [3.8, 4) is 0 Å². The van der Waals surface area contributed by atoms with Crippen molar-refractivity contribution in [3.05, 3.63) is 0 Å². The van der Waals surface area contributed by atoms with Gasteiger partial charge in [-0.15, -0.1) is 0 Å². The average molecular weight is 299 g/mol. The highest BCUT2D eigenvalue weighted by molar-refractivity contribution is 5.81. The third kappa shape index (κ3) is 5.63. The zero-order valence-corrected chi connectivity index (χ0v) is 14.0. The lowest BCUT2D eigenvalue weighted by Gasteiger charge is -2.36. The number of hydrogen-bond donors (Lipinski definition) is 0. The van der Waals surface area contributed by atoms with Crippen molar-refractivity contribution < 1.29 is 14.3 Å². The predicted molar refractivity (Wildman–Crippen MR) is 82.0 cm³/mol. The van der Waals surface area contributed by atoms with Gasteiger partial charge in [0.1, 0.15) is 0 Å². The van der Waals surface area contributed by atoms with Crippen molar-refractivity contribution in [3.63, 3.8) is 0 Å². The second kappa shape index (κ2) is 8.34. The maximum atomic E-state index is 12.3. The molecule has 0 radical (unpaired) electrons. The molecular weight excluding hydrogens is 270 g/mol. The number of amides is 2. The smallest absolute Gasteiger partial charge is 0.236 e. The van der Waals surface area contributed by atoms with Crippen LogP contribution < -0.4 is 0 Å². The molecule has 0 aliphatic carbocycles. The third-order valence-electron chi connectivity index (χ3n) is 3.70. The first kappa shape index (κ1) is 17.9. The number of ether oxygens (including phenoxy) is 1. The van der Waals surface area contributed by atoms with Gasteiger partial charge >= 0.3 is 0 Å². The first-order valence-corrected chi connectivity index (χ1v) is 7.76. The molecule has 2 unspecified atom stereocenters. The molecule has 0 aromatic carbocycles. The number of morpholine rings is 1. The van der Waals surface area contributed by atoms with Crippen LogP contribution in [-0.2, 0) is 14.3 Å². The van der Waals surface area contributed by atoms with E-state index in [2.05, 4.69) is 0 Å². The van der Waals surface area contributed by atoms with Gasteiger partial charge in [-0.25, -0.2) is 0 Å². The van der Waals surface area contributed by atoms with E-state index in [9.17, 15) is 9.59 Å². The molecule has 2 amide bonds. The summed E-state index contributed by atoms with van der Waals surface area (Å²) in [6.07, 6.45) is 0.139. The number of hydrogen-bond acceptors (Lipinski definition) is 4. The minimum absolute atomic E-state index is 0.0619. The average Bonchev–Trinajstić information content (AvgIpc) is 2.38. The third-order valence-corrected chi connectivity index (χ3v) is 3.70. The van der Waals surface area contributed by atoms with Crippen LogP contribution >= 0.6 is 0 Å². The molecular formula is C15H29N3O3. The fraction of sp³-hybridized carbons (Fsp3) is 0.867. The largest absolute Gasteiger partial charge is 0.372 e. The van der Waals surface area contributed by atoms with Crippen LogP contribution in [0.3, 0.4) is 0 Å². The fourth-order valence-electron chi connectivity index (χ4n) is 2.68. The van der Waals surface area contributed by atoms with Crippen molar-refractivity contribution in [2.75, 3.05) is 46.3 Å². The molecule has 1 aliphatic rings. The lowest BCUT2D eigenvalue weighted by Crippen LogP contribution is -2.51. The van der Waals surface area contributed by atoms with Gasteiger partial charge in [-0.1, -0.05) is 0 Å². The Labute approximate surface area is 128 Å². The Balaban J connectivity index is 2.45. The molecule has 1 fully saturated rings. The van der Waals surface area contributed by atoms with Crippen LogP contribution in [0.4, 0.5) is 0 Å². The summed E-state index contributed by atoms with van der Waals surface area (Å²) in [5.41, 5.74) is 0. The quantitative estimate of drug-likeness (QED) is 0.713. The molecule has 0 aromatic rings. The van der Waals surface area contributed by atoms with E-state index in [1.807, 2.05) is 39.6 Å². The van der Waals surface area contributed by atoms with E-state index in [-0.39, 0.29) is 37.1 Å². The van der Waals surface area contributed by atoms with Crippen molar-refractivity contribution in [2.24, 2.45) is 0 Å². The minimum atomic E-state index is 0.0619. The Morgan fingerprint density at radius 1 is 1.10 bits per heavy atom. The first-order valence-electron chi connectivity index (χ1n) is 7.76. The number of carbonyl (C=O) groups excluding carboxylic acids is 2. The van der Waals surface area contributed by atoms with E-state index in [4.69, 9.17) is 4.74 Å². The van der Waals surface area contributed by atoms with Crippen molar-refractivity contribution >= 4 is 11.8 Å². The maximum absolute atomic E-state index is 12.3. The molecule has 1 saturated heterocycles. The van der Waals surface area contributed by atoms with E-state index < -0.39 is 0 Å². The molecule has 0 bridgehead atoms. The Hall–Kier alpha value is -1.14. The highest BCUT2D eigenvalue weighted by Crippen LogP contribution is 2.11. The molecule has 1 aliphatic heterocycles. The van der Waals surface area contributed by atoms with Gasteiger partial charge in [-0.2, -0.15) is 0 Å². The summed E-state index contributed by atoms with van der Waals surface area (Å²) < 4.78 is 5.63. The monoisotopic (exact) mass is 299 g/mol. The normalized spacial score (nSPS) is 22.5. The summed E-state index contributed by atoms with van der Waals surface area (Å²) in [4.78, 5) is 29.7. The second-order valence-electron chi connectivity index (χ2n) is 5.79. The molecule has 6 heteroatoms. The summed E-state index contributed by atoms with van der Waals surface area (Å²) in [5.74, 6) is 0.130. The molecule has 2 atom stereocenters. The lowest BCUT2D eigenvalue weighted by molar-refractivity contribution is -0.144. The number of likely N-dealkylation sites (N-methyl/N-ethyl adjacent to an activating group) is 2. The Kier molecular flexibility index (Phi) is 7.11. The van der Waals surface area contributed by atoms with Gasteiger partial charge in [0.2, 0.25) is 11.8 Å². The Morgan fingerprint density at radius 2 is 1.62 bits per heavy atom. The van der Waals surface area contributed by atoms with E-state index in [0.717, 1.165) is 0 Å². The SMILES string of the molecule is CCN(CC)C(=O)CN(C)CC(=O)N1CC(C)OC(C)C1. The Morgan fingerprint density at radius 3 is 2.10 bits per heavy atom. The van der Waals surface area contributed by atoms with Crippen LogP contribution in [0.15, 0.2) is 0 Å². The molecule has 122 valence electrons. The van der Waals surface area contributed by atoms with Crippen molar-refractivity contribution in [1.29, 1.82) is 0 Å². The standard InChI is InChI=1S/C15H29N3O3/c1-6-17(7-2)14(19)10-16(5)11-15(20)18-8-12(3)21-13(4)9-18/h12-13H,6-11H2,1-5H3. The highest BCUT2D eigenvalue weighted by Gasteiger charge is 2.26. The lowest BCUT2D eigenvalue weighted by atomic mass is 10.2. The van der Waals surface area contributed by atoms with E-state index in [0.29, 0.717) is 26.2 Å². The zero-order chi connectivity index (χ0) is 16.0. The Bertz CT molecular complexity index is 348. The minimum Gasteiger partial charge on any atom is -0.372 e. The van der Waals surface area contributed by atoms with Crippen molar-refractivity contribution in [2.45, 2.75) is 39.9 Å². The van der Waals surface area contributed by atoms with Crippen LogP contribution in [0.25, 0.3) is 0 Å². The molecule has 0 saturated carbocycles. The van der Waals surface area contributed by atoms with Crippen LogP contribution in [0.5, 0.6) is 0 Å². The molecule has 1 heterocycles. The molecule has 6 nitrogen and oxygen atoms in total. The van der Waals surface area contributed by atoms with Gasteiger partial charge in [-0.05, 0) is 34.7 Å². The van der Waals surface area contributed by atoms with Gasteiger partial charge in [0.15, 0.2) is 0 Å². The molecule has 1 rings (SSSR count). The van der Waals surface area contributed by atoms with Crippen LogP contribution in [0, 0.1) is 0 Å². The highest BCUT2D eigenvalue weighted by atomic mass is 16.5. The van der Waals surface area contributed by atoms with Crippen LogP contribution in [-0.4, -0.2) is 85.0 Å². The summed E-state index contributed by atoms with van der Waals surface area (Å²) in [6.45, 7) is 11.1. The molecule has 21 heavy (non-hydrogen) atoms. The fourth-order valence-corrected chi connectivity index (χ4v) is 2.68. The van der Waals surface area contributed by atoms with Crippen molar-refractivity contribution in [1.82, 2.24) is 14.7 Å². The van der Waals surface area contributed by atoms with Gasteiger partial charge in [-0.3, -0.25) is 14.5 Å². The molecule has 0 aromatic heterocycles. The number of rotatable bonds is 6. The second-order valence-corrected chi connectivity index (χ2v) is 5.79. The summed E-state index contributed by atoms with van der Waals surface area (Å²) >= 11 is 0. The van der Waals surface area contributed by atoms with Gasteiger partial charge in [0, 0.05) is 26.2 Å². The number of nitrogens with zero attached hydrogens (tertiary/aromatic N) is 3. The number of carbonyl (C=O) groups is 2. The summed E-state index contributed by atoms with van der Waals surface area (Å²) in [5, 5.41) is 0. The summed E-state index contributed by atoms with van der Waals surface area (Å²) in [7, 11) is 1.81. The van der Waals surface area contributed by atoms with E-state index in [1.165, 1.54) is 0 Å². The van der Waals surface area contributed by atoms with Crippen LogP contribution in [0.1, 0.15) is 27.7 Å². The zero-order valence-electron chi connectivity index (χ0n) is 14.0. The van der Waals surface area contributed by atoms with E-state index >= 15 is 0 Å².